The molecule has 0 radical (unpaired) electrons. The van der Waals surface area contributed by atoms with Gasteiger partial charge < -0.3 is 9.80 Å². The van der Waals surface area contributed by atoms with Gasteiger partial charge in [0.15, 0.2) is 0 Å². The summed E-state index contributed by atoms with van der Waals surface area (Å²) in [5.74, 6) is 0.0628. The van der Waals surface area contributed by atoms with Crippen LogP contribution in [-0.4, -0.2) is 87.8 Å². The zero-order valence-corrected chi connectivity index (χ0v) is 21.1. The molecule has 2 fully saturated rings. The Labute approximate surface area is 208 Å². The van der Waals surface area contributed by atoms with Gasteiger partial charge in [-0.3, -0.25) is 18.8 Å². The molecule has 0 bridgehead atoms. The van der Waals surface area contributed by atoms with Crippen LogP contribution in [0.2, 0.25) is 0 Å². The minimum atomic E-state index is -3.72. The second-order valence-electron chi connectivity index (χ2n) is 9.20. The van der Waals surface area contributed by atoms with E-state index in [1.165, 1.54) is 36.3 Å². The molecule has 2 aliphatic rings. The number of para-hydroxylation sites is 1. The van der Waals surface area contributed by atoms with E-state index in [0.717, 1.165) is 25.9 Å². The smallest absolute Gasteiger partial charge is 0.264 e. The van der Waals surface area contributed by atoms with E-state index in [4.69, 9.17) is 0 Å². The third-order valence-electron chi connectivity index (χ3n) is 6.86. The number of carbonyl (C=O) groups excluding carboxylic acids is 2. The number of nitrogens with zero attached hydrogens (tertiary/aromatic N) is 4. The molecule has 2 aromatic carbocycles. The number of sulfonamides is 1. The maximum atomic E-state index is 13.0. The summed E-state index contributed by atoms with van der Waals surface area (Å²) in [6.07, 6.45) is 4.55. The van der Waals surface area contributed by atoms with Crippen molar-refractivity contribution >= 4 is 27.5 Å². The topological polar surface area (TPSA) is 81.2 Å². The minimum Gasteiger partial charge on any atom is -0.342 e. The lowest BCUT2D eigenvalue weighted by atomic mass is 10.2. The second kappa shape index (κ2) is 11.2. The molecule has 4 rings (SSSR count). The van der Waals surface area contributed by atoms with E-state index >= 15 is 0 Å². The summed E-state index contributed by atoms with van der Waals surface area (Å²) in [7, 11) is -2.21. The first kappa shape index (κ1) is 25.2. The molecule has 35 heavy (non-hydrogen) atoms. The van der Waals surface area contributed by atoms with Gasteiger partial charge in [-0.05, 0) is 49.2 Å². The van der Waals surface area contributed by atoms with E-state index in [0.29, 0.717) is 44.0 Å². The first-order chi connectivity index (χ1) is 16.9. The Kier molecular flexibility index (Phi) is 8.07. The maximum absolute atomic E-state index is 13.0. The summed E-state index contributed by atoms with van der Waals surface area (Å²) >= 11 is 0. The monoisotopic (exact) mass is 498 g/mol. The first-order valence-corrected chi connectivity index (χ1v) is 13.7. The Morgan fingerprint density at radius 2 is 1.37 bits per heavy atom. The molecule has 8 nitrogen and oxygen atoms in total. The fraction of sp³-hybridized carbons (Fsp3) is 0.462. The number of benzene rings is 2. The number of anilines is 1. The van der Waals surface area contributed by atoms with E-state index in [-0.39, 0.29) is 16.7 Å². The van der Waals surface area contributed by atoms with Crippen LogP contribution in [-0.2, 0) is 14.8 Å². The average Bonchev–Trinajstić information content (AvgIpc) is 3.19. The SMILES string of the molecule is CN(c1ccccc1)S(=O)(=O)c1ccc(C(=O)N2CCN(CC(=O)N3CCCCCC3)CC2)cc1. The number of piperazine rings is 1. The highest BCUT2D eigenvalue weighted by atomic mass is 32.2. The third kappa shape index (κ3) is 6.02. The lowest BCUT2D eigenvalue weighted by Crippen LogP contribution is -2.51. The summed E-state index contributed by atoms with van der Waals surface area (Å²) in [5.41, 5.74) is 1.03. The number of hydrogen-bond donors (Lipinski definition) is 0. The van der Waals surface area contributed by atoms with Crippen LogP contribution in [0.1, 0.15) is 36.0 Å². The molecule has 0 aromatic heterocycles. The van der Waals surface area contributed by atoms with E-state index in [9.17, 15) is 18.0 Å². The van der Waals surface area contributed by atoms with Crippen molar-refractivity contribution in [2.45, 2.75) is 30.6 Å². The quantitative estimate of drug-likeness (QED) is 0.612. The van der Waals surface area contributed by atoms with E-state index < -0.39 is 10.0 Å². The Morgan fingerprint density at radius 3 is 1.97 bits per heavy atom. The Bertz CT molecular complexity index is 1110. The summed E-state index contributed by atoms with van der Waals surface area (Å²) in [4.78, 5) is 31.7. The molecule has 0 unspecified atom stereocenters. The molecule has 2 amide bonds. The van der Waals surface area contributed by atoms with Gasteiger partial charge in [-0.25, -0.2) is 8.42 Å². The van der Waals surface area contributed by atoms with Crippen molar-refractivity contribution in [3.8, 4) is 0 Å². The van der Waals surface area contributed by atoms with E-state index in [1.807, 2.05) is 11.0 Å². The molecular formula is C26H34N4O4S. The van der Waals surface area contributed by atoms with Crippen LogP contribution in [0.4, 0.5) is 5.69 Å². The van der Waals surface area contributed by atoms with Crippen LogP contribution in [0.15, 0.2) is 59.5 Å². The van der Waals surface area contributed by atoms with Crippen molar-refractivity contribution in [3.63, 3.8) is 0 Å². The highest BCUT2D eigenvalue weighted by molar-refractivity contribution is 7.92. The van der Waals surface area contributed by atoms with Gasteiger partial charge in [0.05, 0.1) is 17.1 Å². The van der Waals surface area contributed by atoms with Gasteiger partial charge >= 0.3 is 0 Å². The van der Waals surface area contributed by atoms with Crippen molar-refractivity contribution in [1.29, 1.82) is 0 Å². The highest BCUT2D eigenvalue weighted by Crippen LogP contribution is 2.22. The normalized spacial score (nSPS) is 17.6. The molecule has 0 saturated carbocycles. The van der Waals surface area contributed by atoms with Crippen molar-refractivity contribution < 1.29 is 18.0 Å². The summed E-state index contributed by atoms with van der Waals surface area (Å²) < 4.78 is 27.2. The molecule has 2 heterocycles. The number of likely N-dealkylation sites (tertiary alicyclic amines) is 1. The van der Waals surface area contributed by atoms with Crippen LogP contribution in [0.25, 0.3) is 0 Å². The van der Waals surface area contributed by atoms with Crippen LogP contribution >= 0.6 is 0 Å². The lowest BCUT2D eigenvalue weighted by Gasteiger charge is -2.35. The van der Waals surface area contributed by atoms with Gasteiger partial charge in [0.25, 0.3) is 15.9 Å². The second-order valence-corrected chi connectivity index (χ2v) is 11.2. The maximum Gasteiger partial charge on any atom is 0.264 e. The number of rotatable bonds is 6. The Balaban J connectivity index is 1.32. The van der Waals surface area contributed by atoms with Crippen LogP contribution in [0.3, 0.4) is 0 Å². The summed E-state index contributed by atoms with van der Waals surface area (Å²) in [6, 6.07) is 15.0. The minimum absolute atomic E-state index is 0.121. The lowest BCUT2D eigenvalue weighted by molar-refractivity contribution is -0.132. The molecule has 2 aromatic rings. The van der Waals surface area contributed by atoms with Gasteiger partial charge in [0.1, 0.15) is 0 Å². The molecule has 9 heteroatoms. The molecular weight excluding hydrogens is 464 g/mol. The largest absolute Gasteiger partial charge is 0.342 e. The molecule has 0 atom stereocenters. The summed E-state index contributed by atoms with van der Waals surface area (Å²) in [6.45, 7) is 4.50. The molecule has 0 aliphatic carbocycles. The number of carbonyl (C=O) groups is 2. The highest BCUT2D eigenvalue weighted by Gasteiger charge is 2.26. The van der Waals surface area contributed by atoms with Gasteiger partial charge in [-0.2, -0.15) is 0 Å². The summed E-state index contributed by atoms with van der Waals surface area (Å²) in [5, 5.41) is 0. The third-order valence-corrected chi connectivity index (χ3v) is 8.66. The van der Waals surface area contributed by atoms with Crippen LogP contribution in [0, 0.1) is 0 Å². The number of hydrogen-bond acceptors (Lipinski definition) is 5. The van der Waals surface area contributed by atoms with Crippen molar-refractivity contribution in [2.75, 3.05) is 57.2 Å². The average molecular weight is 499 g/mol. The van der Waals surface area contributed by atoms with Gasteiger partial charge in [-0.15, -0.1) is 0 Å². The van der Waals surface area contributed by atoms with Crippen molar-refractivity contribution in [1.82, 2.24) is 14.7 Å². The van der Waals surface area contributed by atoms with Crippen LogP contribution < -0.4 is 4.31 Å². The molecule has 2 aliphatic heterocycles. The fourth-order valence-corrected chi connectivity index (χ4v) is 5.80. The van der Waals surface area contributed by atoms with Gasteiger partial charge in [0.2, 0.25) is 5.91 Å². The zero-order chi connectivity index (χ0) is 24.8. The molecule has 0 spiro atoms. The number of amides is 2. The van der Waals surface area contributed by atoms with Crippen molar-refractivity contribution in [2.24, 2.45) is 0 Å². The Hall–Kier alpha value is -2.91. The van der Waals surface area contributed by atoms with E-state index in [1.54, 1.807) is 41.3 Å². The van der Waals surface area contributed by atoms with E-state index in [2.05, 4.69) is 4.90 Å². The van der Waals surface area contributed by atoms with Gasteiger partial charge in [0, 0.05) is 51.9 Å². The standard InChI is InChI=1S/C26H34N4O4S/c1-27(23-9-5-4-6-10-23)35(33,34)24-13-11-22(12-14-24)26(32)30-19-17-28(18-20-30)21-25(31)29-15-7-2-3-8-16-29/h4-6,9-14H,2-3,7-8,15-21H2,1H3. The van der Waals surface area contributed by atoms with Gasteiger partial charge in [-0.1, -0.05) is 31.0 Å². The first-order valence-electron chi connectivity index (χ1n) is 12.3. The molecule has 2 saturated heterocycles. The van der Waals surface area contributed by atoms with Crippen molar-refractivity contribution in [3.05, 3.63) is 60.2 Å². The predicted molar refractivity (Wildman–Crippen MR) is 136 cm³/mol. The predicted octanol–water partition coefficient (Wildman–Crippen LogP) is 2.67. The Morgan fingerprint density at radius 1 is 0.771 bits per heavy atom. The fourth-order valence-electron chi connectivity index (χ4n) is 4.61. The molecule has 188 valence electrons. The zero-order valence-electron chi connectivity index (χ0n) is 20.3. The molecule has 0 N–H and O–H groups in total. The van der Waals surface area contributed by atoms with Crippen LogP contribution in [0.5, 0.6) is 0 Å².